The van der Waals surface area contributed by atoms with Crippen molar-refractivity contribution in [3.05, 3.63) is 21.5 Å². The maximum absolute atomic E-state index is 13.4. The van der Waals surface area contributed by atoms with Crippen LogP contribution in [0.4, 0.5) is 15.8 Å². The Labute approximate surface area is 122 Å². The molecule has 0 radical (unpaired) electrons. The zero-order chi connectivity index (χ0) is 13.0. The van der Waals surface area contributed by atoms with Gasteiger partial charge in [-0.15, -0.1) is 0 Å². The van der Waals surface area contributed by atoms with E-state index in [0.29, 0.717) is 9.26 Å². The van der Waals surface area contributed by atoms with E-state index in [1.54, 1.807) is 6.07 Å². The normalized spacial score (nSPS) is 16.1. The first-order valence-corrected chi connectivity index (χ1v) is 7.73. The minimum absolute atomic E-state index is 0.205. The average Bonchev–Trinajstić information content (AvgIpc) is 2.84. The monoisotopic (exact) mass is 362 g/mol. The number of hydrogen-bond donors (Lipinski definition) is 2. The number of nitrogens with one attached hydrogen (secondary N) is 1. The largest absolute Gasteiger partial charge is 0.397 e. The molecule has 18 heavy (non-hydrogen) atoms. The van der Waals surface area contributed by atoms with Gasteiger partial charge in [-0.3, -0.25) is 0 Å². The lowest BCUT2D eigenvalue weighted by Gasteiger charge is -2.12. The van der Waals surface area contributed by atoms with E-state index in [9.17, 15) is 4.39 Å². The number of nitrogens with two attached hydrogens (primary N) is 1. The summed E-state index contributed by atoms with van der Waals surface area (Å²) in [6.45, 7) is 0.876. The van der Waals surface area contributed by atoms with E-state index in [1.165, 1.54) is 38.2 Å². The molecular formula is C14H20FIN2. The van der Waals surface area contributed by atoms with E-state index < -0.39 is 0 Å². The Morgan fingerprint density at radius 2 is 2.06 bits per heavy atom. The molecule has 2 rings (SSSR count). The molecule has 2 nitrogen and oxygen atoms in total. The fraction of sp³-hybridized carbons (Fsp3) is 0.571. The van der Waals surface area contributed by atoms with Gasteiger partial charge < -0.3 is 11.1 Å². The molecule has 0 heterocycles. The van der Waals surface area contributed by atoms with Gasteiger partial charge >= 0.3 is 0 Å². The molecule has 3 N–H and O–H groups in total. The van der Waals surface area contributed by atoms with E-state index in [2.05, 4.69) is 5.32 Å². The maximum atomic E-state index is 13.4. The van der Waals surface area contributed by atoms with Gasteiger partial charge in [0.1, 0.15) is 5.82 Å². The Kier molecular flexibility index (Phi) is 5.09. The predicted molar refractivity (Wildman–Crippen MR) is 83.2 cm³/mol. The maximum Gasteiger partial charge on any atom is 0.138 e. The summed E-state index contributed by atoms with van der Waals surface area (Å²) in [5.41, 5.74) is 7.21. The highest BCUT2D eigenvalue weighted by atomic mass is 127. The fourth-order valence-electron chi connectivity index (χ4n) is 2.63. The van der Waals surface area contributed by atoms with E-state index >= 15 is 0 Å². The van der Waals surface area contributed by atoms with Crippen molar-refractivity contribution in [2.75, 3.05) is 17.6 Å². The van der Waals surface area contributed by atoms with Crippen molar-refractivity contribution >= 4 is 34.0 Å². The Morgan fingerprint density at radius 1 is 1.33 bits per heavy atom. The van der Waals surface area contributed by atoms with Crippen molar-refractivity contribution in [3.8, 4) is 0 Å². The second-order valence-electron chi connectivity index (χ2n) is 5.07. The second kappa shape index (κ2) is 6.59. The van der Waals surface area contributed by atoms with Gasteiger partial charge in [0, 0.05) is 12.6 Å². The highest BCUT2D eigenvalue weighted by Gasteiger charge is 2.14. The molecule has 1 aromatic rings. The zero-order valence-electron chi connectivity index (χ0n) is 10.5. The first kappa shape index (κ1) is 13.9. The van der Waals surface area contributed by atoms with Crippen LogP contribution in [0.2, 0.25) is 0 Å². The molecule has 4 heteroatoms. The van der Waals surface area contributed by atoms with Gasteiger partial charge in [-0.1, -0.05) is 25.7 Å². The van der Waals surface area contributed by atoms with Crippen LogP contribution < -0.4 is 11.1 Å². The van der Waals surface area contributed by atoms with Crippen LogP contribution >= 0.6 is 22.6 Å². The predicted octanol–water partition coefficient (Wildman–Crippen LogP) is 4.39. The molecule has 1 saturated carbocycles. The smallest absolute Gasteiger partial charge is 0.138 e. The molecule has 0 amide bonds. The molecule has 0 spiro atoms. The summed E-state index contributed by atoms with van der Waals surface area (Å²) in [7, 11) is 0. The van der Waals surface area contributed by atoms with E-state index in [0.717, 1.165) is 24.6 Å². The van der Waals surface area contributed by atoms with Crippen LogP contribution in [0, 0.1) is 15.3 Å². The molecule has 100 valence electrons. The Balaban J connectivity index is 1.77. The van der Waals surface area contributed by atoms with Gasteiger partial charge in [-0.25, -0.2) is 4.39 Å². The fourth-order valence-corrected chi connectivity index (χ4v) is 3.12. The standard InChI is InChI=1S/C14H20FIN2/c15-11-8-14(13(17)9-12(11)16)18-7-3-6-10-4-1-2-5-10/h8-10,18H,1-7,17H2. The number of hydrogen-bond acceptors (Lipinski definition) is 2. The van der Waals surface area contributed by atoms with Crippen LogP contribution in [0.5, 0.6) is 0 Å². The van der Waals surface area contributed by atoms with Crippen LogP contribution in [0.25, 0.3) is 0 Å². The lowest BCUT2D eigenvalue weighted by molar-refractivity contribution is 0.491. The van der Waals surface area contributed by atoms with Crippen LogP contribution in [-0.2, 0) is 0 Å². The Morgan fingerprint density at radius 3 is 2.78 bits per heavy atom. The third-order valence-electron chi connectivity index (χ3n) is 3.67. The number of anilines is 2. The number of halogens is 2. The van der Waals surface area contributed by atoms with Crippen molar-refractivity contribution in [3.63, 3.8) is 0 Å². The second-order valence-corrected chi connectivity index (χ2v) is 6.24. The highest BCUT2D eigenvalue weighted by molar-refractivity contribution is 14.1. The molecule has 1 fully saturated rings. The topological polar surface area (TPSA) is 38.0 Å². The molecule has 0 unspecified atom stereocenters. The number of rotatable bonds is 5. The van der Waals surface area contributed by atoms with Crippen LogP contribution in [0.3, 0.4) is 0 Å². The van der Waals surface area contributed by atoms with Gasteiger partial charge in [0.2, 0.25) is 0 Å². The zero-order valence-corrected chi connectivity index (χ0v) is 12.7. The van der Waals surface area contributed by atoms with Gasteiger partial charge in [0.25, 0.3) is 0 Å². The van der Waals surface area contributed by atoms with Crippen molar-refractivity contribution in [2.45, 2.75) is 38.5 Å². The SMILES string of the molecule is Nc1cc(I)c(F)cc1NCCCC1CCCC1. The number of benzene rings is 1. The van der Waals surface area contributed by atoms with Gasteiger partial charge in [-0.05, 0) is 47.4 Å². The molecule has 0 saturated heterocycles. The van der Waals surface area contributed by atoms with Crippen molar-refractivity contribution < 1.29 is 4.39 Å². The lowest BCUT2D eigenvalue weighted by atomic mass is 10.0. The van der Waals surface area contributed by atoms with E-state index in [1.807, 2.05) is 22.6 Å². The minimum atomic E-state index is -0.205. The summed E-state index contributed by atoms with van der Waals surface area (Å²) >= 11 is 1.95. The first-order chi connectivity index (χ1) is 8.66. The molecular weight excluding hydrogens is 342 g/mol. The molecule has 1 aliphatic carbocycles. The molecule has 0 bridgehead atoms. The van der Waals surface area contributed by atoms with Crippen molar-refractivity contribution in [1.29, 1.82) is 0 Å². The van der Waals surface area contributed by atoms with Crippen molar-refractivity contribution in [2.24, 2.45) is 5.92 Å². The lowest BCUT2D eigenvalue weighted by Crippen LogP contribution is -2.07. The van der Waals surface area contributed by atoms with Crippen LogP contribution in [0.1, 0.15) is 38.5 Å². The van der Waals surface area contributed by atoms with E-state index in [4.69, 9.17) is 5.73 Å². The molecule has 1 aliphatic rings. The first-order valence-electron chi connectivity index (χ1n) is 6.65. The number of nitrogen functional groups attached to an aromatic ring is 1. The Hall–Kier alpha value is -0.520. The van der Waals surface area contributed by atoms with Crippen molar-refractivity contribution in [1.82, 2.24) is 0 Å². The minimum Gasteiger partial charge on any atom is -0.397 e. The summed E-state index contributed by atoms with van der Waals surface area (Å²) in [4.78, 5) is 0. The summed E-state index contributed by atoms with van der Waals surface area (Å²) in [5, 5.41) is 3.24. The molecule has 0 atom stereocenters. The summed E-state index contributed by atoms with van der Waals surface area (Å²) in [6.07, 6.45) is 7.98. The van der Waals surface area contributed by atoms with Gasteiger partial charge in [0.15, 0.2) is 0 Å². The highest BCUT2D eigenvalue weighted by Crippen LogP contribution is 2.29. The quantitative estimate of drug-likeness (QED) is 0.463. The average molecular weight is 362 g/mol. The summed E-state index contributed by atoms with van der Waals surface area (Å²) in [6, 6.07) is 3.17. The van der Waals surface area contributed by atoms with Crippen LogP contribution in [-0.4, -0.2) is 6.54 Å². The summed E-state index contributed by atoms with van der Waals surface area (Å²) in [5.74, 6) is 0.709. The van der Waals surface area contributed by atoms with Gasteiger partial charge in [-0.2, -0.15) is 0 Å². The summed E-state index contributed by atoms with van der Waals surface area (Å²) < 4.78 is 14.0. The van der Waals surface area contributed by atoms with Crippen LogP contribution in [0.15, 0.2) is 12.1 Å². The van der Waals surface area contributed by atoms with Gasteiger partial charge in [0.05, 0.1) is 14.9 Å². The Bertz CT molecular complexity index is 403. The molecule has 0 aliphatic heterocycles. The third-order valence-corrected chi connectivity index (χ3v) is 4.50. The molecule has 0 aromatic heterocycles. The third kappa shape index (κ3) is 3.73. The molecule has 1 aromatic carbocycles. The van der Waals surface area contributed by atoms with E-state index in [-0.39, 0.29) is 5.82 Å².